The first-order valence-corrected chi connectivity index (χ1v) is 11.3. The van der Waals surface area contributed by atoms with Crippen molar-refractivity contribution in [2.75, 3.05) is 18.6 Å². The first-order chi connectivity index (χ1) is 16.8. The number of phenolic OH excluding ortho intramolecular Hbond substituents is 1. The molecule has 7 heteroatoms. The van der Waals surface area contributed by atoms with Crippen LogP contribution in [-0.4, -0.2) is 35.6 Å². The minimum absolute atomic E-state index is 0.0369. The van der Waals surface area contributed by atoms with Crippen LogP contribution in [0.25, 0.3) is 5.76 Å². The van der Waals surface area contributed by atoms with Crippen LogP contribution < -0.4 is 14.4 Å². The number of carbonyl (C=O) groups excluding carboxylic acids is 2. The third-order valence-electron chi connectivity index (χ3n) is 5.89. The number of carbonyl (C=O) groups is 2. The van der Waals surface area contributed by atoms with Gasteiger partial charge in [0, 0.05) is 17.3 Å². The molecule has 0 bridgehead atoms. The summed E-state index contributed by atoms with van der Waals surface area (Å²) in [5.41, 5.74) is 2.17. The predicted molar refractivity (Wildman–Crippen MR) is 133 cm³/mol. The molecular formula is C28H27NO6. The van der Waals surface area contributed by atoms with Gasteiger partial charge in [-0.1, -0.05) is 25.1 Å². The lowest BCUT2D eigenvalue weighted by Crippen LogP contribution is -2.29. The molecule has 1 saturated heterocycles. The van der Waals surface area contributed by atoms with E-state index in [1.165, 1.54) is 24.1 Å². The van der Waals surface area contributed by atoms with E-state index < -0.39 is 17.7 Å². The number of anilines is 1. The summed E-state index contributed by atoms with van der Waals surface area (Å²) in [6.45, 7) is 4.44. The Kier molecular flexibility index (Phi) is 6.78. The normalized spacial score (nSPS) is 17.0. The number of nitrogens with zero attached hydrogens (tertiary/aromatic N) is 1. The number of ether oxygens (including phenoxy) is 2. The highest BCUT2D eigenvalue weighted by atomic mass is 16.5. The van der Waals surface area contributed by atoms with Crippen molar-refractivity contribution in [1.82, 2.24) is 0 Å². The highest BCUT2D eigenvalue weighted by Crippen LogP contribution is 2.43. The maximum atomic E-state index is 13.3. The second-order valence-electron chi connectivity index (χ2n) is 8.29. The fraction of sp³-hybridized carbons (Fsp3) is 0.214. The molecule has 0 radical (unpaired) electrons. The summed E-state index contributed by atoms with van der Waals surface area (Å²) in [6, 6.07) is 17.3. The number of aliphatic hydroxyl groups excluding tert-OH is 1. The molecule has 7 nitrogen and oxygen atoms in total. The number of aromatic hydroxyl groups is 1. The van der Waals surface area contributed by atoms with E-state index in [-0.39, 0.29) is 17.1 Å². The molecule has 0 aromatic heterocycles. The number of hydrogen-bond acceptors (Lipinski definition) is 6. The molecule has 0 aliphatic carbocycles. The second kappa shape index (κ2) is 9.93. The van der Waals surface area contributed by atoms with Crippen molar-refractivity contribution >= 4 is 23.1 Å². The number of rotatable bonds is 7. The van der Waals surface area contributed by atoms with Crippen molar-refractivity contribution < 1.29 is 29.3 Å². The first-order valence-electron chi connectivity index (χ1n) is 11.3. The summed E-state index contributed by atoms with van der Waals surface area (Å²) in [4.78, 5) is 27.9. The second-order valence-corrected chi connectivity index (χ2v) is 8.29. The van der Waals surface area contributed by atoms with Gasteiger partial charge in [-0.25, -0.2) is 0 Å². The van der Waals surface area contributed by atoms with Crippen molar-refractivity contribution in [1.29, 1.82) is 0 Å². The van der Waals surface area contributed by atoms with Crippen LogP contribution in [0.3, 0.4) is 0 Å². The Labute approximate surface area is 203 Å². The van der Waals surface area contributed by atoms with Gasteiger partial charge in [0.05, 0.1) is 25.3 Å². The molecule has 3 aromatic carbocycles. The Morgan fingerprint density at radius 3 is 2.43 bits per heavy atom. The van der Waals surface area contributed by atoms with Crippen LogP contribution in [-0.2, 0) is 9.59 Å². The lowest BCUT2D eigenvalue weighted by atomic mass is 9.94. The summed E-state index contributed by atoms with van der Waals surface area (Å²) in [6.07, 6.45) is 0.863. The third kappa shape index (κ3) is 4.57. The average molecular weight is 474 g/mol. The zero-order valence-corrected chi connectivity index (χ0v) is 19.8. The summed E-state index contributed by atoms with van der Waals surface area (Å²) in [5, 5.41) is 21.1. The number of ketones is 1. The van der Waals surface area contributed by atoms with Crippen LogP contribution in [0.1, 0.15) is 36.1 Å². The SMILES string of the molecule is CCCOc1ccc(/C(O)=C2\C(=O)C(=O)N(c3cccc(OC)c3)C2c2ccc(O)cc2)cc1C. The maximum absolute atomic E-state index is 13.3. The van der Waals surface area contributed by atoms with Crippen molar-refractivity contribution in [2.24, 2.45) is 0 Å². The zero-order chi connectivity index (χ0) is 25.1. The topological polar surface area (TPSA) is 96.3 Å². The Bertz CT molecular complexity index is 1300. The zero-order valence-electron chi connectivity index (χ0n) is 19.8. The van der Waals surface area contributed by atoms with Crippen LogP contribution in [0.4, 0.5) is 5.69 Å². The Morgan fingerprint density at radius 1 is 1.03 bits per heavy atom. The molecule has 1 unspecified atom stereocenters. The van der Waals surface area contributed by atoms with Crippen LogP contribution in [0, 0.1) is 6.92 Å². The number of methoxy groups -OCH3 is 1. The van der Waals surface area contributed by atoms with E-state index in [2.05, 4.69) is 0 Å². The van der Waals surface area contributed by atoms with Gasteiger partial charge in [-0.3, -0.25) is 14.5 Å². The highest BCUT2D eigenvalue weighted by Gasteiger charge is 2.47. The van der Waals surface area contributed by atoms with Crippen LogP contribution in [0.2, 0.25) is 0 Å². The molecule has 2 N–H and O–H groups in total. The summed E-state index contributed by atoms with van der Waals surface area (Å²) in [5.74, 6) is -0.588. The molecule has 180 valence electrons. The molecule has 1 fully saturated rings. The molecule has 0 spiro atoms. The van der Waals surface area contributed by atoms with Gasteiger partial charge in [0.2, 0.25) is 0 Å². The summed E-state index contributed by atoms with van der Waals surface area (Å²) in [7, 11) is 1.51. The van der Waals surface area contributed by atoms with Gasteiger partial charge in [-0.05, 0) is 66.9 Å². The lowest BCUT2D eigenvalue weighted by Gasteiger charge is -2.25. The maximum Gasteiger partial charge on any atom is 0.300 e. The van der Waals surface area contributed by atoms with Crippen molar-refractivity contribution in [3.05, 3.63) is 89.0 Å². The summed E-state index contributed by atoms with van der Waals surface area (Å²) >= 11 is 0. The van der Waals surface area contributed by atoms with Crippen LogP contribution in [0.5, 0.6) is 17.2 Å². The quantitative estimate of drug-likeness (QED) is 0.281. The molecule has 3 aromatic rings. The third-order valence-corrected chi connectivity index (χ3v) is 5.89. The van der Waals surface area contributed by atoms with E-state index >= 15 is 0 Å². The smallest absolute Gasteiger partial charge is 0.300 e. The van der Waals surface area contributed by atoms with Crippen molar-refractivity contribution in [3.8, 4) is 17.2 Å². The fourth-order valence-electron chi connectivity index (χ4n) is 4.16. The molecule has 35 heavy (non-hydrogen) atoms. The lowest BCUT2D eigenvalue weighted by molar-refractivity contribution is -0.132. The van der Waals surface area contributed by atoms with Crippen LogP contribution in [0.15, 0.2) is 72.3 Å². The molecule has 4 rings (SSSR count). The number of hydrogen-bond donors (Lipinski definition) is 2. The monoisotopic (exact) mass is 473 g/mol. The van der Waals surface area contributed by atoms with Crippen molar-refractivity contribution in [3.63, 3.8) is 0 Å². The minimum atomic E-state index is -0.904. The molecule has 1 atom stereocenters. The number of benzene rings is 3. The standard InChI is InChI=1S/C28H27NO6/c1-4-14-35-23-13-10-19(15-17(23)2)26(31)24-25(18-8-11-21(30)12-9-18)29(28(33)27(24)32)20-6-5-7-22(16-20)34-3/h5-13,15-16,25,30-31H,4,14H2,1-3H3/b26-24+. The number of Topliss-reactive ketones (excluding diaryl/α,β-unsaturated/α-hetero) is 1. The fourth-order valence-corrected chi connectivity index (χ4v) is 4.16. The van der Waals surface area contributed by atoms with E-state index in [0.717, 1.165) is 12.0 Å². The number of aliphatic hydroxyl groups is 1. The van der Waals surface area contributed by atoms with Gasteiger partial charge >= 0.3 is 0 Å². The number of aryl methyl sites for hydroxylation is 1. The van der Waals surface area contributed by atoms with E-state index in [9.17, 15) is 19.8 Å². The van der Waals surface area contributed by atoms with E-state index in [4.69, 9.17) is 9.47 Å². The largest absolute Gasteiger partial charge is 0.508 e. The van der Waals surface area contributed by atoms with Gasteiger partial charge in [0.25, 0.3) is 11.7 Å². The van der Waals surface area contributed by atoms with E-state index in [1.807, 2.05) is 13.8 Å². The molecule has 0 saturated carbocycles. The van der Waals surface area contributed by atoms with Crippen LogP contribution >= 0.6 is 0 Å². The van der Waals surface area contributed by atoms with Gasteiger partial charge in [-0.2, -0.15) is 0 Å². The van der Waals surface area contributed by atoms with E-state index in [0.29, 0.717) is 34.9 Å². The molecular weight excluding hydrogens is 446 g/mol. The van der Waals surface area contributed by atoms with Gasteiger partial charge < -0.3 is 19.7 Å². The molecule has 1 amide bonds. The Hall–Kier alpha value is -4.26. The number of amides is 1. The van der Waals surface area contributed by atoms with Crippen molar-refractivity contribution in [2.45, 2.75) is 26.3 Å². The Morgan fingerprint density at radius 2 is 1.77 bits per heavy atom. The minimum Gasteiger partial charge on any atom is -0.508 e. The molecule has 1 heterocycles. The predicted octanol–water partition coefficient (Wildman–Crippen LogP) is 5.12. The number of phenols is 1. The summed E-state index contributed by atoms with van der Waals surface area (Å²) < 4.78 is 11.0. The average Bonchev–Trinajstić information content (AvgIpc) is 3.13. The van der Waals surface area contributed by atoms with Gasteiger partial charge in [0.15, 0.2) is 0 Å². The Balaban J connectivity index is 1.88. The first kappa shape index (κ1) is 23.9. The van der Waals surface area contributed by atoms with Gasteiger partial charge in [0.1, 0.15) is 23.0 Å². The van der Waals surface area contributed by atoms with Gasteiger partial charge in [-0.15, -0.1) is 0 Å². The molecule has 1 aliphatic rings. The van der Waals surface area contributed by atoms with E-state index in [1.54, 1.807) is 54.6 Å². The molecule has 1 aliphatic heterocycles. The highest BCUT2D eigenvalue weighted by molar-refractivity contribution is 6.51.